The molecule has 0 spiro atoms. The summed E-state index contributed by atoms with van der Waals surface area (Å²) in [6, 6.07) is 0. The van der Waals surface area contributed by atoms with Crippen molar-refractivity contribution >= 4 is 32.2 Å². The van der Waals surface area contributed by atoms with Crippen molar-refractivity contribution in [2.75, 3.05) is 30.3 Å². The Morgan fingerprint density at radius 2 is 2.20 bits per heavy atom. The largest absolute Gasteiger partial charge is 0.382 e. The molecular formula is C12H19N3O3S2. The summed E-state index contributed by atoms with van der Waals surface area (Å²) in [6.45, 7) is 4.16. The third-order valence-corrected chi connectivity index (χ3v) is 7.02. The lowest BCUT2D eigenvalue weighted by molar-refractivity contribution is 0.0821. The average molecular weight is 317 g/mol. The van der Waals surface area contributed by atoms with Gasteiger partial charge in [0.1, 0.15) is 9.90 Å². The van der Waals surface area contributed by atoms with Crippen LogP contribution in [0.15, 0.2) is 4.90 Å². The van der Waals surface area contributed by atoms with E-state index in [2.05, 4.69) is 9.27 Å². The zero-order chi connectivity index (χ0) is 14.3. The van der Waals surface area contributed by atoms with E-state index in [1.807, 2.05) is 6.92 Å². The number of nitrogens with zero attached hydrogens (tertiary/aromatic N) is 2. The van der Waals surface area contributed by atoms with Gasteiger partial charge in [-0.2, -0.15) is 4.37 Å². The molecule has 1 unspecified atom stereocenters. The van der Waals surface area contributed by atoms with E-state index < -0.39 is 9.84 Å². The van der Waals surface area contributed by atoms with E-state index in [0.29, 0.717) is 18.2 Å². The van der Waals surface area contributed by atoms with E-state index in [0.717, 1.165) is 25.8 Å². The van der Waals surface area contributed by atoms with Crippen molar-refractivity contribution in [1.82, 2.24) is 4.37 Å². The molecule has 2 aliphatic rings. The van der Waals surface area contributed by atoms with Crippen molar-refractivity contribution in [2.24, 2.45) is 0 Å². The third-order valence-electron chi connectivity index (χ3n) is 3.64. The van der Waals surface area contributed by atoms with Crippen molar-refractivity contribution in [1.29, 1.82) is 0 Å². The number of aromatic nitrogens is 1. The minimum Gasteiger partial charge on any atom is -0.382 e. The van der Waals surface area contributed by atoms with E-state index in [1.165, 1.54) is 11.5 Å². The van der Waals surface area contributed by atoms with Crippen LogP contribution < -0.4 is 10.6 Å². The smallest absolute Gasteiger partial charge is 0.187 e. The molecule has 1 atom stereocenters. The molecule has 8 heteroatoms. The molecule has 2 fully saturated rings. The molecule has 6 nitrogen and oxygen atoms in total. The zero-order valence-corrected chi connectivity index (χ0v) is 13.0. The Bertz CT molecular complexity index is 595. The van der Waals surface area contributed by atoms with E-state index in [1.54, 1.807) is 0 Å². The first-order valence-electron chi connectivity index (χ1n) is 6.85. The Labute approximate surface area is 123 Å². The molecule has 112 valence electrons. The van der Waals surface area contributed by atoms with Crippen LogP contribution in [0.4, 0.5) is 10.8 Å². The number of hydrogen-bond donors (Lipinski definition) is 1. The van der Waals surface area contributed by atoms with Crippen molar-refractivity contribution in [3.8, 4) is 0 Å². The lowest BCUT2D eigenvalue weighted by atomic mass is 10.3. The molecule has 0 bridgehead atoms. The predicted molar refractivity (Wildman–Crippen MR) is 79.0 cm³/mol. The monoisotopic (exact) mass is 317 g/mol. The summed E-state index contributed by atoms with van der Waals surface area (Å²) in [5.74, 6) is 0.148. The number of ether oxygens (including phenoxy) is 1. The molecule has 2 heterocycles. The van der Waals surface area contributed by atoms with Gasteiger partial charge in [-0.25, -0.2) is 8.42 Å². The van der Waals surface area contributed by atoms with Crippen LogP contribution in [-0.4, -0.2) is 43.8 Å². The highest BCUT2D eigenvalue weighted by atomic mass is 32.2. The van der Waals surface area contributed by atoms with Gasteiger partial charge in [0.05, 0.1) is 11.4 Å². The van der Waals surface area contributed by atoms with Crippen LogP contribution in [0.3, 0.4) is 0 Å². The molecule has 0 radical (unpaired) electrons. The summed E-state index contributed by atoms with van der Waals surface area (Å²) in [5.41, 5.74) is 5.84. The second-order valence-corrected chi connectivity index (χ2v) is 8.34. The fraction of sp³-hybridized carbons (Fsp3) is 0.750. The summed E-state index contributed by atoms with van der Waals surface area (Å²) in [7, 11) is -3.32. The maximum atomic E-state index is 12.5. The molecule has 1 aromatic heterocycles. The number of nitrogen functional groups attached to an aromatic ring is 1. The Hall–Kier alpha value is -0.860. The van der Waals surface area contributed by atoms with E-state index in [9.17, 15) is 8.42 Å². The van der Waals surface area contributed by atoms with Crippen LogP contribution in [0.2, 0.25) is 0 Å². The van der Waals surface area contributed by atoms with Gasteiger partial charge in [-0.05, 0) is 37.7 Å². The first kappa shape index (κ1) is 14.1. The molecule has 1 aromatic rings. The van der Waals surface area contributed by atoms with Crippen LogP contribution in [0.1, 0.15) is 26.2 Å². The summed E-state index contributed by atoms with van der Waals surface area (Å²) in [6.07, 6.45) is 2.43. The van der Waals surface area contributed by atoms with E-state index >= 15 is 0 Å². The molecule has 3 rings (SSSR count). The van der Waals surface area contributed by atoms with Gasteiger partial charge in [0.15, 0.2) is 15.7 Å². The first-order chi connectivity index (χ1) is 9.50. The number of sulfone groups is 1. The second-order valence-electron chi connectivity index (χ2n) is 5.43. The number of nitrogens with two attached hydrogens (primary N) is 1. The SMILES string of the molecule is CC1CN(c2snc(N)c2S(=O)(=O)C2CC2)CCCO1. The second kappa shape index (κ2) is 5.16. The van der Waals surface area contributed by atoms with Crippen LogP contribution in [-0.2, 0) is 14.6 Å². The van der Waals surface area contributed by atoms with E-state index in [-0.39, 0.29) is 22.1 Å². The molecule has 2 N–H and O–H groups in total. The highest BCUT2D eigenvalue weighted by Gasteiger charge is 2.41. The third kappa shape index (κ3) is 2.51. The molecular weight excluding hydrogens is 298 g/mol. The van der Waals surface area contributed by atoms with E-state index in [4.69, 9.17) is 10.5 Å². The maximum absolute atomic E-state index is 12.5. The normalized spacial score (nSPS) is 24.6. The number of hydrogen-bond acceptors (Lipinski definition) is 7. The summed E-state index contributed by atoms with van der Waals surface area (Å²) < 4.78 is 34.8. The lowest BCUT2D eigenvalue weighted by Crippen LogP contribution is -2.30. The molecule has 20 heavy (non-hydrogen) atoms. The average Bonchev–Trinajstić information content (AvgIpc) is 3.18. The molecule has 1 aliphatic heterocycles. The predicted octanol–water partition coefficient (Wildman–Crippen LogP) is 1.28. The highest BCUT2D eigenvalue weighted by molar-refractivity contribution is 7.92. The van der Waals surface area contributed by atoms with Crippen LogP contribution in [0, 0.1) is 0 Å². The standard InChI is InChI=1S/C12H19N3O3S2/c1-8-7-15(5-2-6-18-8)12-10(11(13)14-19-12)20(16,17)9-3-4-9/h8-9H,2-7H2,1H3,(H2,13,14). The van der Waals surface area contributed by atoms with Gasteiger partial charge < -0.3 is 15.4 Å². The summed E-state index contributed by atoms with van der Waals surface area (Å²) >= 11 is 1.18. The molecule has 1 saturated heterocycles. The Morgan fingerprint density at radius 1 is 1.45 bits per heavy atom. The molecule has 0 aromatic carbocycles. The van der Waals surface area contributed by atoms with Gasteiger partial charge in [-0.15, -0.1) is 0 Å². The Kier molecular flexibility index (Phi) is 3.64. The maximum Gasteiger partial charge on any atom is 0.187 e. The van der Waals surface area contributed by atoms with Gasteiger partial charge >= 0.3 is 0 Å². The first-order valence-corrected chi connectivity index (χ1v) is 9.17. The van der Waals surface area contributed by atoms with Gasteiger partial charge in [0, 0.05) is 19.7 Å². The van der Waals surface area contributed by atoms with Crippen LogP contribution >= 0.6 is 11.5 Å². The molecule has 0 amide bonds. The van der Waals surface area contributed by atoms with Gasteiger partial charge in [-0.3, -0.25) is 0 Å². The van der Waals surface area contributed by atoms with Crippen molar-refractivity contribution in [2.45, 2.75) is 42.4 Å². The topological polar surface area (TPSA) is 85.5 Å². The van der Waals surface area contributed by atoms with Crippen molar-refractivity contribution in [3.63, 3.8) is 0 Å². The molecule has 1 saturated carbocycles. The van der Waals surface area contributed by atoms with Crippen molar-refractivity contribution in [3.05, 3.63) is 0 Å². The summed E-state index contributed by atoms with van der Waals surface area (Å²) in [5, 5.41) is 0.423. The van der Waals surface area contributed by atoms with Crippen LogP contribution in [0.5, 0.6) is 0 Å². The summed E-state index contributed by atoms with van der Waals surface area (Å²) in [4.78, 5) is 2.31. The lowest BCUT2D eigenvalue weighted by Gasteiger charge is -2.23. The number of rotatable bonds is 3. The van der Waals surface area contributed by atoms with Crippen molar-refractivity contribution < 1.29 is 13.2 Å². The molecule has 1 aliphatic carbocycles. The highest BCUT2D eigenvalue weighted by Crippen LogP contribution is 2.42. The Balaban J connectivity index is 1.97. The quantitative estimate of drug-likeness (QED) is 0.904. The van der Waals surface area contributed by atoms with Gasteiger partial charge in [0.25, 0.3) is 0 Å². The van der Waals surface area contributed by atoms with Gasteiger partial charge in [0.2, 0.25) is 0 Å². The van der Waals surface area contributed by atoms with Gasteiger partial charge in [-0.1, -0.05) is 0 Å². The Morgan fingerprint density at radius 3 is 2.90 bits per heavy atom. The minimum atomic E-state index is -3.32. The van der Waals surface area contributed by atoms with Crippen LogP contribution in [0.25, 0.3) is 0 Å². The minimum absolute atomic E-state index is 0.0808. The fourth-order valence-electron chi connectivity index (χ4n) is 2.48. The fourth-order valence-corrected chi connectivity index (χ4v) is 5.54. The zero-order valence-electron chi connectivity index (χ0n) is 11.4. The number of anilines is 2.